The highest BCUT2D eigenvalue weighted by Crippen LogP contribution is 2.49. The highest BCUT2D eigenvalue weighted by Gasteiger charge is 2.42. The Hall–Kier alpha value is -1.53. The first-order valence-corrected chi connectivity index (χ1v) is 7.68. The molecule has 0 saturated heterocycles. The van der Waals surface area contributed by atoms with E-state index < -0.39 is 17.8 Å². The predicted molar refractivity (Wildman–Crippen MR) is 74.1 cm³/mol. The number of fused-ring (bicyclic) bond motifs is 2. The van der Waals surface area contributed by atoms with Crippen molar-refractivity contribution in [2.75, 3.05) is 0 Å². The van der Waals surface area contributed by atoms with Crippen LogP contribution >= 0.6 is 0 Å². The first-order valence-electron chi connectivity index (χ1n) is 7.68. The monoisotopic (exact) mass is 315 g/mol. The number of aromatic nitrogens is 2. The lowest BCUT2D eigenvalue weighted by molar-refractivity contribution is -0.143. The van der Waals surface area contributed by atoms with Crippen LogP contribution in [0.1, 0.15) is 48.8 Å². The summed E-state index contributed by atoms with van der Waals surface area (Å²) < 4.78 is 38.9. The maximum Gasteiger partial charge on any atom is 0.433 e. The maximum absolute atomic E-state index is 12.7. The first kappa shape index (κ1) is 15.4. The summed E-state index contributed by atoms with van der Waals surface area (Å²) in [5, 5.41) is 6.52. The molecule has 122 valence electrons. The van der Waals surface area contributed by atoms with E-state index >= 15 is 0 Å². The minimum Gasteiger partial charge on any atom is -0.348 e. The third-order valence-corrected chi connectivity index (χ3v) is 5.20. The average Bonchev–Trinajstić information content (AvgIpc) is 3.11. The van der Waals surface area contributed by atoms with Gasteiger partial charge in [0, 0.05) is 19.2 Å². The Labute approximate surface area is 127 Å². The fraction of sp³-hybridized carbons (Fsp3) is 0.733. The fourth-order valence-electron chi connectivity index (χ4n) is 4.14. The number of hydrogen-bond donors (Lipinski definition) is 1. The number of rotatable bonds is 3. The Morgan fingerprint density at radius 1 is 1.41 bits per heavy atom. The molecule has 0 spiro atoms. The molecule has 0 aliphatic heterocycles. The summed E-state index contributed by atoms with van der Waals surface area (Å²) in [6.45, 7) is 1.94. The second-order valence-electron chi connectivity index (χ2n) is 6.64. The van der Waals surface area contributed by atoms with Gasteiger partial charge in [-0.3, -0.25) is 9.48 Å². The van der Waals surface area contributed by atoms with Crippen molar-refractivity contribution in [1.29, 1.82) is 0 Å². The molecule has 2 aliphatic carbocycles. The van der Waals surface area contributed by atoms with Gasteiger partial charge in [-0.2, -0.15) is 18.3 Å². The van der Waals surface area contributed by atoms with Gasteiger partial charge in [-0.15, -0.1) is 0 Å². The number of hydrogen-bond acceptors (Lipinski definition) is 2. The lowest BCUT2D eigenvalue weighted by Crippen LogP contribution is -2.40. The molecule has 2 fully saturated rings. The lowest BCUT2D eigenvalue weighted by Gasteiger charge is -2.28. The van der Waals surface area contributed by atoms with E-state index in [0.717, 1.165) is 18.4 Å². The van der Waals surface area contributed by atoms with Gasteiger partial charge in [0.1, 0.15) is 5.69 Å². The number of carbonyl (C=O) groups excluding carboxylic acids is 1. The first-order chi connectivity index (χ1) is 10.3. The SMILES string of the molecule is C[C@H](NC(=O)c1cc(C(F)(F)F)n(C)n1)[C@H]1C[C@@H]2CC[C@@H]1C2. The summed E-state index contributed by atoms with van der Waals surface area (Å²) in [6.07, 6.45) is 0.319. The van der Waals surface area contributed by atoms with Crippen molar-refractivity contribution in [3.05, 3.63) is 17.5 Å². The lowest BCUT2D eigenvalue weighted by atomic mass is 9.84. The quantitative estimate of drug-likeness (QED) is 0.932. The van der Waals surface area contributed by atoms with Crippen LogP contribution < -0.4 is 5.32 Å². The molecule has 1 N–H and O–H groups in total. The van der Waals surface area contributed by atoms with Crippen molar-refractivity contribution in [2.45, 2.75) is 44.8 Å². The largest absolute Gasteiger partial charge is 0.433 e. The summed E-state index contributed by atoms with van der Waals surface area (Å²) in [6, 6.07) is 0.780. The van der Waals surface area contributed by atoms with Gasteiger partial charge in [-0.1, -0.05) is 6.42 Å². The zero-order valence-corrected chi connectivity index (χ0v) is 12.7. The second kappa shape index (κ2) is 5.28. The van der Waals surface area contributed by atoms with Crippen LogP contribution in [0.4, 0.5) is 13.2 Å². The zero-order chi connectivity index (χ0) is 16.1. The van der Waals surface area contributed by atoms with Gasteiger partial charge < -0.3 is 5.32 Å². The molecule has 0 radical (unpaired) electrons. The van der Waals surface area contributed by atoms with E-state index in [1.165, 1.54) is 26.3 Å². The number of aryl methyl sites for hydroxylation is 1. The zero-order valence-electron chi connectivity index (χ0n) is 12.7. The summed E-state index contributed by atoms with van der Waals surface area (Å²) in [7, 11) is 1.19. The van der Waals surface area contributed by atoms with Crippen molar-refractivity contribution in [1.82, 2.24) is 15.1 Å². The average molecular weight is 315 g/mol. The number of amides is 1. The minimum absolute atomic E-state index is 0.0286. The van der Waals surface area contributed by atoms with Crippen molar-refractivity contribution < 1.29 is 18.0 Å². The van der Waals surface area contributed by atoms with Crippen molar-refractivity contribution in [2.24, 2.45) is 24.8 Å². The van der Waals surface area contributed by atoms with Crippen molar-refractivity contribution >= 4 is 5.91 Å². The van der Waals surface area contributed by atoms with E-state index in [2.05, 4.69) is 10.4 Å². The Morgan fingerprint density at radius 2 is 2.14 bits per heavy atom. The van der Waals surface area contributed by atoms with E-state index in [4.69, 9.17) is 0 Å². The highest BCUT2D eigenvalue weighted by atomic mass is 19.4. The van der Waals surface area contributed by atoms with Crippen LogP contribution in [0.5, 0.6) is 0 Å². The molecule has 4 atom stereocenters. The molecular weight excluding hydrogens is 295 g/mol. The number of carbonyl (C=O) groups is 1. The van der Waals surface area contributed by atoms with E-state index in [1.54, 1.807) is 0 Å². The van der Waals surface area contributed by atoms with Crippen LogP contribution in [0.25, 0.3) is 0 Å². The fourth-order valence-corrected chi connectivity index (χ4v) is 4.14. The summed E-state index contributed by atoms with van der Waals surface area (Å²) in [5.74, 6) is 1.32. The Morgan fingerprint density at radius 3 is 2.64 bits per heavy atom. The molecular formula is C15H20F3N3O. The van der Waals surface area contributed by atoms with Gasteiger partial charge in [-0.05, 0) is 43.9 Å². The Balaban J connectivity index is 1.67. The molecule has 2 saturated carbocycles. The Bertz CT molecular complexity index is 581. The molecule has 1 aromatic rings. The molecule has 0 aromatic carbocycles. The van der Waals surface area contributed by atoms with Gasteiger partial charge >= 0.3 is 6.18 Å². The minimum atomic E-state index is -4.50. The topological polar surface area (TPSA) is 46.9 Å². The molecule has 22 heavy (non-hydrogen) atoms. The molecule has 4 nitrogen and oxygen atoms in total. The Kier molecular flexibility index (Phi) is 3.69. The van der Waals surface area contributed by atoms with Crippen LogP contribution in [-0.2, 0) is 13.2 Å². The van der Waals surface area contributed by atoms with Crippen molar-refractivity contribution in [3.63, 3.8) is 0 Å². The van der Waals surface area contributed by atoms with Gasteiger partial charge in [0.05, 0.1) is 0 Å². The molecule has 2 aliphatic rings. The molecule has 7 heteroatoms. The second-order valence-corrected chi connectivity index (χ2v) is 6.64. The third kappa shape index (κ3) is 2.73. The molecule has 3 rings (SSSR count). The molecule has 0 unspecified atom stereocenters. The van der Waals surface area contributed by atoms with E-state index in [1.807, 2.05) is 6.92 Å². The smallest absolute Gasteiger partial charge is 0.348 e. The molecule has 1 heterocycles. The highest BCUT2D eigenvalue weighted by molar-refractivity contribution is 5.92. The van der Waals surface area contributed by atoms with E-state index in [9.17, 15) is 18.0 Å². The normalized spacial score (nSPS) is 28.9. The molecule has 2 bridgehead atoms. The van der Waals surface area contributed by atoms with Crippen LogP contribution in [0.3, 0.4) is 0 Å². The van der Waals surface area contributed by atoms with E-state index in [0.29, 0.717) is 16.5 Å². The van der Waals surface area contributed by atoms with E-state index in [-0.39, 0.29) is 11.7 Å². The van der Waals surface area contributed by atoms with Gasteiger partial charge in [0.25, 0.3) is 5.91 Å². The summed E-state index contributed by atoms with van der Waals surface area (Å²) in [5.41, 5.74) is -1.09. The predicted octanol–water partition coefficient (Wildman–Crippen LogP) is 2.99. The molecule has 1 amide bonds. The number of nitrogens with zero attached hydrogens (tertiary/aromatic N) is 2. The number of nitrogens with one attached hydrogen (secondary N) is 1. The third-order valence-electron chi connectivity index (χ3n) is 5.20. The van der Waals surface area contributed by atoms with Crippen LogP contribution in [-0.4, -0.2) is 21.7 Å². The number of halogens is 3. The van der Waals surface area contributed by atoms with Crippen LogP contribution in [0.2, 0.25) is 0 Å². The summed E-state index contributed by atoms with van der Waals surface area (Å²) in [4.78, 5) is 12.2. The van der Waals surface area contributed by atoms with Gasteiger partial charge in [0.2, 0.25) is 0 Å². The molecule has 1 aromatic heterocycles. The van der Waals surface area contributed by atoms with Crippen LogP contribution in [0, 0.1) is 17.8 Å². The standard InChI is InChI=1S/C15H20F3N3O/c1-8(11-6-9-3-4-10(11)5-9)19-14(22)12-7-13(15(16,17)18)21(2)20-12/h7-11H,3-6H2,1-2H3,(H,19,22)/t8-,9+,10+,11+/m0/s1. The van der Waals surface area contributed by atoms with Crippen LogP contribution in [0.15, 0.2) is 6.07 Å². The summed E-state index contributed by atoms with van der Waals surface area (Å²) >= 11 is 0. The van der Waals surface area contributed by atoms with Gasteiger partial charge in [-0.25, -0.2) is 0 Å². The number of alkyl halides is 3. The maximum atomic E-state index is 12.7. The van der Waals surface area contributed by atoms with Crippen molar-refractivity contribution in [3.8, 4) is 0 Å². The van der Waals surface area contributed by atoms with Gasteiger partial charge in [0.15, 0.2) is 5.69 Å².